The van der Waals surface area contributed by atoms with E-state index in [0.29, 0.717) is 48.0 Å². The molecule has 2 aromatic rings. The van der Waals surface area contributed by atoms with Crippen molar-refractivity contribution in [3.8, 4) is 12.1 Å². The molecule has 4 saturated heterocycles. The molecule has 212 valence electrons. The van der Waals surface area contributed by atoms with Crippen molar-refractivity contribution in [2.75, 3.05) is 68.0 Å². The van der Waals surface area contributed by atoms with E-state index in [1.165, 1.54) is 4.88 Å². The molecule has 40 heavy (non-hydrogen) atoms. The summed E-state index contributed by atoms with van der Waals surface area (Å²) in [5.41, 5.74) is 7.51. The molecule has 2 aliphatic carbocycles. The van der Waals surface area contributed by atoms with Crippen molar-refractivity contribution in [2.45, 2.75) is 62.1 Å². The number of hydrogen-bond donors (Lipinski definition) is 2. The number of nitrogens with zero attached hydrogens (tertiary/aromatic N) is 7. The summed E-state index contributed by atoms with van der Waals surface area (Å²) in [7, 11) is 0. The molecular weight excluding hydrogens is 531 g/mol. The van der Waals surface area contributed by atoms with E-state index in [2.05, 4.69) is 20.8 Å². The lowest BCUT2D eigenvalue weighted by Crippen LogP contribution is -2.59. The van der Waals surface area contributed by atoms with Crippen LogP contribution in [-0.4, -0.2) is 89.2 Å². The number of nitriles is 1. The predicted molar refractivity (Wildman–Crippen MR) is 148 cm³/mol. The zero-order valence-corrected chi connectivity index (χ0v) is 23.4. The van der Waals surface area contributed by atoms with Crippen LogP contribution in [0.4, 0.5) is 21.3 Å². The normalized spacial score (nSPS) is 33.4. The van der Waals surface area contributed by atoms with E-state index in [1.54, 1.807) is 11.3 Å². The molecule has 4 atom stereocenters. The molecule has 0 bridgehead atoms. The average molecular weight is 567 g/mol. The molecule has 5 fully saturated rings. The number of anilines is 3. The van der Waals surface area contributed by atoms with Crippen LogP contribution in [0.25, 0.3) is 0 Å². The minimum Gasteiger partial charge on any atom is -0.461 e. The second-order valence-electron chi connectivity index (χ2n) is 13.1. The molecule has 0 aromatic carbocycles. The third-order valence-electron chi connectivity index (χ3n) is 10.8. The monoisotopic (exact) mass is 566 g/mol. The zero-order valence-electron chi connectivity index (χ0n) is 22.6. The van der Waals surface area contributed by atoms with E-state index in [-0.39, 0.29) is 29.0 Å². The van der Waals surface area contributed by atoms with Crippen molar-refractivity contribution in [1.29, 1.82) is 5.26 Å². The SMILES string of the molecule is N#Cc1c(N)sc2c1C1(CC2)CN(c2nc(OC[C@@]34CCCN3C[C@H](F)C4)nc(N3CCC4CC4(CO)C3)n2)C1. The summed E-state index contributed by atoms with van der Waals surface area (Å²) >= 11 is 1.55. The highest BCUT2D eigenvalue weighted by molar-refractivity contribution is 7.16. The number of halogens is 1. The van der Waals surface area contributed by atoms with Gasteiger partial charge in [0.2, 0.25) is 11.9 Å². The fourth-order valence-corrected chi connectivity index (χ4v) is 9.65. The van der Waals surface area contributed by atoms with Gasteiger partial charge in [-0.2, -0.15) is 20.2 Å². The Morgan fingerprint density at radius 1 is 1.12 bits per heavy atom. The van der Waals surface area contributed by atoms with Crippen LogP contribution in [0.2, 0.25) is 0 Å². The number of piperidine rings is 1. The number of aryl methyl sites for hydroxylation is 1. The minimum atomic E-state index is -0.819. The maximum absolute atomic E-state index is 14.4. The molecule has 3 N–H and O–H groups in total. The van der Waals surface area contributed by atoms with Gasteiger partial charge < -0.3 is 25.4 Å². The largest absolute Gasteiger partial charge is 0.461 e. The molecule has 4 aliphatic heterocycles. The van der Waals surface area contributed by atoms with Crippen molar-refractivity contribution in [1.82, 2.24) is 19.9 Å². The lowest BCUT2D eigenvalue weighted by molar-refractivity contribution is 0.107. The number of fused-ring (bicyclic) bond motifs is 4. The summed E-state index contributed by atoms with van der Waals surface area (Å²) in [5.74, 6) is 1.74. The Bertz CT molecular complexity index is 1410. The average Bonchev–Trinajstić information content (AvgIpc) is 3.14. The van der Waals surface area contributed by atoms with Crippen molar-refractivity contribution < 1.29 is 14.2 Å². The van der Waals surface area contributed by atoms with E-state index in [9.17, 15) is 14.8 Å². The van der Waals surface area contributed by atoms with Crippen LogP contribution in [0.15, 0.2) is 0 Å². The van der Waals surface area contributed by atoms with Gasteiger partial charge in [-0.05, 0) is 56.6 Å². The minimum absolute atomic E-state index is 0.0526. The maximum Gasteiger partial charge on any atom is 0.323 e. The Morgan fingerprint density at radius 3 is 2.75 bits per heavy atom. The van der Waals surface area contributed by atoms with Crippen molar-refractivity contribution in [2.24, 2.45) is 11.3 Å². The molecule has 12 heteroatoms. The Hall–Kier alpha value is -2.75. The highest BCUT2D eigenvalue weighted by Crippen LogP contribution is 2.57. The van der Waals surface area contributed by atoms with Gasteiger partial charge in [-0.15, -0.1) is 11.3 Å². The van der Waals surface area contributed by atoms with Crippen LogP contribution in [0.3, 0.4) is 0 Å². The Labute approximate surface area is 237 Å². The summed E-state index contributed by atoms with van der Waals surface area (Å²) in [5, 5.41) is 20.5. The first-order valence-electron chi connectivity index (χ1n) is 14.6. The molecule has 2 aromatic heterocycles. The maximum atomic E-state index is 14.4. The molecule has 1 saturated carbocycles. The summed E-state index contributed by atoms with van der Waals surface area (Å²) in [6.45, 7) is 4.94. The van der Waals surface area contributed by atoms with Gasteiger partial charge in [0.1, 0.15) is 23.8 Å². The lowest BCUT2D eigenvalue weighted by atomic mass is 9.74. The van der Waals surface area contributed by atoms with Crippen LogP contribution in [-0.2, 0) is 11.8 Å². The molecule has 8 rings (SSSR count). The van der Waals surface area contributed by atoms with Gasteiger partial charge in [-0.1, -0.05) is 0 Å². The topological polar surface area (TPSA) is 128 Å². The first-order chi connectivity index (χ1) is 19.4. The number of hydrogen-bond acceptors (Lipinski definition) is 11. The van der Waals surface area contributed by atoms with Gasteiger partial charge in [0.25, 0.3) is 0 Å². The Morgan fingerprint density at radius 2 is 1.95 bits per heavy atom. The number of thiophene rings is 1. The number of aliphatic hydroxyl groups excluding tert-OH is 1. The van der Waals surface area contributed by atoms with Gasteiger partial charge in [-0.25, -0.2) is 4.39 Å². The van der Waals surface area contributed by atoms with E-state index < -0.39 is 6.17 Å². The highest BCUT2D eigenvalue weighted by Gasteiger charge is 2.57. The summed E-state index contributed by atoms with van der Waals surface area (Å²) in [6, 6.07) is 2.63. The van der Waals surface area contributed by atoms with Crippen molar-refractivity contribution >= 4 is 28.2 Å². The Balaban J connectivity index is 1.08. The quantitative estimate of drug-likeness (QED) is 0.537. The Kier molecular flexibility index (Phi) is 5.39. The summed E-state index contributed by atoms with van der Waals surface area (Å²) < 4.78 is 20.7. The van der Waals surface area contributed by atoms with Crippen molar-refractivity contribution in [3.63, 3.8) is 0 Å². The van der Waals surface area contributed by atoms with E-state index in [1.807, 2.05) is 0 Å². The van der Waals surface area contributed by atoms with Crippen LogP contribution in [0.1, 0.15) is 54.5 Å². The molecule has 0 radical (unpaired) electrons. The standard InChI is InChI=1S/C28H35FN8O2S/c29-18-9-28(4-1-6-37(28)11-18)16-39-25-33-23(35-7-3-17-8-27(17,14-35)15-38)32-24(34-25)36-12-26(13-36)5-2-20-21(26)19(10-30)22(31)40-20/h17-18,38H,1-9,11-16,31H2/t17?,18-,27?,28+/m1/s1. The molecule has 2 unspecified atom stereocenters. The second kappa shape index (κ2) is 8.63. The summed E-state index contributed by atoms with van der Waals surface area (Å²) in [6.07, 6.45) is 5.66. The molecular formula is C28H35FN8O2S. The number of aliphatic hydroxyl groups is 1. The third-order valence-corrected chi connectivity index (χ3v) is 11.9. The molecule has 0 amide bonds. The van der Waals surface area contributed by atoms with Crippen LogP contribution < -0.4 is 20.3 Å². The first kappa shape index (κ1) is 25.0. The van der Waals surface area contributed by atoms with E-state index in [0.717, 1.165) is 76.8 Å². The number of nitrogens with two attached hydrogens (primary N) is 1. The summed E-state index contributed by atoms with van der Waals surface area (Å²) in [4.78, 5) is 22.3. The van der Waals surface area contributed by atoms with Gasteiger partial charge in [-0.3, -0.25) is 4.90 Å². The number of nitrogen functional groups attached to an aromatic ring is 1. The molecule has 6 heterocycles. The number of aromatic nitrogens is 3. The fourth-order valence-electron chi connectivity index (χ4n) is 8.51. The van der Waals surface area contributed by atoms with Gasteiger partial charge in [0.05, 0.1) is 17.7 Å². The lowest BCUT2D eigenvalue weighted by Gasteiger charge is -2.48. The number of rotatable bonds is 6. The third kappa shape index (κ3) is 3.59. The van der Waals surface area contributed by atoms with E-state index >= 15 is 0 Å². The molecule has 1 spiro atoms. The van der Waals surface area contributed by atoms with Gasteiger partial charge in [0.15, 0.2) is 0 Å². The second-order valence-corrected chi connectivity index (χ2v) is 14.2. The fraction of sp³-hybridized carbons (Fsp3) is 0.714. The smallest absolute Gasteiger partial charge is 0.323 e. The van der Waals surface area contributed by atoms with Crippen LogP contribution in [0, 0.1) is 22.7 Å². The van der Waals surface area contributed by atoms with Crippen LogP contribution in [0.5, 0.6) is 6.01 Å². The highest BCUT2D eigenvalue weighted by atomic mass is 32.1. The van der Waals surface area contributed by atoms with Gasteiger partial charge >= 0.3 is 6.01 Å². The molecule has 10 nitrogen and oxygen atoms in total. The van der Waals surface area contributed by atoms with Crippen molar-refractivity contribution in [3.05, 3.63) is 16.0 Å². The zero-order chi connectivity index (χ0) is 27.3. The number of ether oxygens (including phenoxy) is 1. The molecule has 6 aliphatic rings. The number of alkyl halides is 1. The first-order valence-corrected chi connectivity index (χ1v) is 15.4. The van der Waals surface area contributed by atoms with Crippen LogP contribution >= 0.6 is 11.3 Å². The van der Waals surface area contributed by atoms with Gasteiger partial charge in [0, 0.05) is 54.9 Å². The van der Waals surface area contributed by atoms with E-state index in [4.69, 9.17) is 25.4 Å². The predicted octanol–water partition coefficient (Wildman–Crippen LogP) is 2.26.